The summed E-state index contributed by atoms with van der Waals surface area (Å²) in [6, 6.07) is 5.58. The molecule has 1 aromatic carbocycles. The fourth-order valence-electron chi connectivity index (χ4n) is 1.54. The van der Waals surface area contributed by atoms with Crippen molar-refractivity contribution in [2.45, 2.75) is 26.8 Å². The van der Waals surface area contributed by atoms with Crippen LogP contribution in [0, 0.1) is 11.7 Å². The van der Waals surface area contributed by atoms with Crippen LogP contribution in [0.4, 0.5) is 4.39 Å². The van der Waals surface area contributed by atoms with E-state index in [9.17, 15) is 12.8 Å². The number of sulfonamides is 1. The lowest BCUT2D eigenvalue weighted by molar-refractivity contribution is 0.463. The largest absolute Gasteiger partial charge is 0.212 e. The van der Waals surface area contributed by atoms with Crippen molar-refractivity contribution >= 4 is 10.0 Å². The van der Waals surface area contributed by atoms with Gasteiger partial charge in [0.15, 0.2) is 0 Å². The van der Waals surface area contributed by atoms with Gasteiger partial charge < -0.3 is 0 Å². The average Bonchev–Trinajstić information content (AvgIpc) is 2.27. The van der Waals surface area contributed by atoms with Crippen LogP contribution in [-0.4, -0.2) is 14.2 Å². The highest BCUT2D eigenvalue weighted by atomic mass is 32.2. The van der Waals surface area contributed by atoms with Crippen LogP contribution < -0.4 is 4.72 Å². The van der Waals surface area contributed by atoms with Crippen LogP contribution in [0.5, 0.6) is 0 Å². The fraction of sp³-hybridized carbons (Fsp3) is 0.500. The van der Waals surface area contributed by atoms with E-state index >= 15 is 0 Å². The third-order valence-corrected chi connectivity index (χ3v) is 3.96. The van der Waals surface area contributed by atoms with Gasteiger partial charge in [-0.15, -0.1) is 0 Å². The second-order valence-electron chi connectivity index (χ2n) is 4.29. The highest BCUT2D eigenvalue weighted by molar-refractivity contribution is 7.89. The molecular formula is C12H18FNO2S. The molecule has 1 rings (SSSR count). The van der Waals surface area contributed by atoms with Crippen LogP contribution in [0.3, 0.4) is 0 Å². The molecule has 0 fully saturated rings. The lowest BCUT2D eigenvalue weighted by Gasteiger charge is -2.22. The molecule has 0 aliphatic carbocycles. The highest BCUT2D eigenvalue weighted by Gasteiger charge is 2.21. The number of benzene rings is 1. The quantitative estimate of drug-likeness (QED) is 0.883. The molecule has 0 spiro atoms. The first-order chi connectivity index (χ1) is 7.85. The van der Waals surface area contributed by atoms with Crippen molar-refractivity contribution in [1.29, 1.82) is 0 Å². The molecular weight excluding hydrogens is 241 g/mol. The Kier molecular flexibility index (Phi) is 4.65. The van der Waals surface area contributed by atoms with Crippen LogP contribution >= 0.6 is 0 Å². The van der Waals surface area contributed by atoms with E-state index in [0.29, 0.717) is 0 Å². The molecule has 0 heterocycles. The Bertz CT molecular complexity index is 454. The summed E-state index contributed by atoms with van der Waals surface area (Å²) in [5, 5.41) is 0. The zero-order valence-electron chi connectivity index (χ0n) is 10.3. The predicted molar refractivity (Wildman–Crippen MR) is 66.6 cm³/mol. The maximum atomic E-state index is 12.8. The van der Waals surface area contributed by atoms with E-state index in [0.717, 1.165) is 5.56 Å². The Balaban J connectivity index is 2.98. The Morgan fingerprint density at radius 3 is 2.18 bits per heavy atom. The summed E-state index contributed by atoms with van der Waals surface area (Å²) in [4.78, 5) is 0. The predicted octanol–water partition coefficient (Wildman–Crippen LogP) is 2.46. The first-order valence-electron chi connectivity index (χ1n) is 5.61. The van der Waals surface area contributed by atoms with Gasteiger partial charge in [0, 0.05) is 6.04 Å². The SMILES string of the molecule is CCS(=O)(=O)NC(c1ccc(F)cc1)C(C)C. The number of nitrogens with one attached hydrogen (secondary N) is 1. The molecule has 0 aliphatic rings. The number of rotatable bonds is 5. The van der Waals surface area contributed by atoms with Gasteiger partial charge in [-0.1, -0.05) is 26.0 Å². The summed E-state index contributed by atoms with van der Waals surface area (Å²) in [5.41, 5.74) is 0.776. The molecule has 1 aromatic rings. The Labute approximate surface area is 102 Å². The highest BCUT2D eigenvalue weighted by Crippen LogP contribution is 2.22. The number of hydrogen-bond acceptors (Lipinski definition) is 2. The van der Waals surface area contributed by atoms with Crippen LogP contribution in [0.25, 0.3) is 0 Å². The van der Waals surface area contributed by atoms with Gasteiger partial charge in [0.25, 0.3) is 0 Å². The molecule has 1 unspecified atom stereocenters. The minimum absolute atomic E-state index is 0.0391. The molecule has 1 atom stereocenters. The van der Waals surface area contributed by atoms with Crippen LogP contribution in [0.2, 0.25) is 0 Å². The topological polar surface area (TPSA) is 46.2 Å². The lowest BCUT2D eigenvalue weighted by atomic mass is 9.97. The van der Waals surface area contributed by atoms with Crippen molar-refractivity contribution in [2.75, 3.05) is 5.75 Å². The average molecular weight is 259 g/mol. The normalized spacial score (nSPS) is 13.9. The van der Waals surface area contributed by atoms with E-state index in [2.05, 4.69) is 4.72 Å². The van der Waals surface area contributed by atoms with Crippen molar-refractivity contribution in [1.82, 2.24) is 4.72 Å². The maximum absolute atomic E-state index is 12.8. The summed E-state index contributed by atoms with van der Waals surface area (Å²) in [6.07, 6.45) is 0. The molecule has 17 heavy (non-hydrogen) atoms. The molecule has 0 radical (unpaired) electrons. The molecule has 0 saturated heterocycles. The molecule has 96 valence electrons. The lowest BCUT2D eigenvalue weighted by Crippen LogP contribution is -2.32. The maximum Gasteiger partial charge on any atom is 0.211 e. The van der Waals surface area contributed by atoms with Crippen LogP contribution in [0.1, 0.15) is 32.4 Å². The molecule has 1 N–H and O–H groups in total. The first kappa shape index (κ1) is 14.1. The minimum atomic E-state index is -3.27. The van der Waals surface area contributed by atoms with Gasteiger partial charge in [0.2, 0.25) is 10.0 Å². The van der Waals surface area contributed by atoms with Gasteiger partial charge in [0.05, 0.1) is 5.75 Å². The Hall–Kier alpha value is -0.940. The fourth-order valence-corrected chi connectivity index (χ4v) is 2.50. The van der Waals surface area contributed by atoms with Gasteiger partial charge in [-0.3, -0.25) is 0 Å². The molecule has 3 nitrogen and oxygen atoms in total. The minimum Gasteiger partial charge on any atom is -0.212 e. The van der Waals surface area contributed by atoms with Crippen molar-refractivity contribution < 1.29 is 12.8 Å². The molecule has 0 aliphatic heterocycles. The Morgan fingerprint density at radius 1 is 1.24 bits per heavy atom. The van der Waals surface area contributed by atoms with Gasteiger partial charge in [-0.2, -0.15) is 0 Å². The van der Waals surface area contributed by atoms with E-state index in [4.69, 9.17) is 0 Å². The second kappa shape index (κ2) is 5.60. The molecule has 0 aromatic heterocycles. The van der Waals surface area contributed by atoms with Crippen LogP contribution in [-0.2, 0) is 10.0 Å². The summed E-state index contributed by atoms with van der Waals surface area (Å²) >= 11 is 0. The summed E-state index contributed by atoms with van der Waals surface area (Å²) in [5.74, 6) is -0.186. The van der Waals surface area contributed by atoms with E-state index in [1.807, 2.05) is 13.8 Å². The third kappa shape index (κ3) is 4.09. The standard InChI is InChI=1S/C12H18FNO2S/c1-4-17(15,16)14-12(9(2)3)10-5-7-11(13)8-6-10/h5-9,12,14H,4H2,1-3H3. The van der Waals surface area contributed by atoms with Crippen molar-refractivity contribution in [2.24, 2.45) is 5.92 Å². The molecule has 5 heteroatoms. The van der Waals surface area contributed by atoms with E-state index < -0.39 is 10.0 Å². The smallest absolute Gasteiger partial charge is 0.211 e. The molecule has 0 amide bonds. The van der Waals surface area contributed by atoms with Crippen molar-refractivity contribution in [3.05, 3.63) is 35.6 Å². The molecule has 0 saturated carbocycles. The Morgan fingerprint density at radius 2 is 1.76 bits per heavy atom. The van der Waals surface area contributed by atoms with Crippen molar-refractivity contribution in [3.63, 3.8) is 0 Å². The second-order valence-corrected chi connectivity index (χ2v) is 6.34. The summed E-state index contributed by atoms with van der Waals surface area (Å²) < 4.78 is 38.6. The van der Waals surface area contributed by atoms with E-state index in [1.54, 1.807) is 19.1 Å². The van der Waals surface area contributed by atoms with Gasteiger partial charge >= 0.3 is 0 Å². The number of hydrogen-bond donors (Lipinski definition) is 1. The van der Waals surface area contributed by atoms with Crippen molar-refractivity contribution in [3.8, 4) is 0 Å². The van der Waals surface area contributed by atoms with Gasteiger partial charge in [-0.25, -0.2) is 17.5 Å². The van der Waals surface area contributed by atoms with E-state index in [-0.39, 0.29) is 23.5 Å². The summed E-state index contributed by atoms with van der Waals surface area (Å²) in [7, 11) is -3.27. The van der Waals surface area contributed by atoms with E-state index in [1.165, 1.54) is 12.1 Å². The molecule has 0 bridgehead atoms. The monoisotopic (exact) mass is 259 g/mol. The van der Waals surface area contributed by atoms with Crippen LogP contribution in [0.15, 0.2) is 24.3 Å². The zero-order chi connectivity index (χ0) is 13.1. The zero-order valence-corrected chi connectivity index (χ0v) is 11.1. The first-order valence-corrected chi connectivity index (χ1v) is 7.26. The third-order valence-electron chi connectivity index (χ3n) is 2.58. The summed E-state index contributed by atoms with van der Waals surface area (Å²) in [6.45, 7) is 5.43. The van der Waals surface area contributed by atoms with Gasteiger partial charge in [0.1, 0.15) is 5.82 Å². The van der Waals surface area contributed by atoms with Gasteiger partial charge in [-0.05, 0) is 30.5 Å². The number of halogens is 1.